The van der Waals surface area contributed by atoms with Crippen molar-refractivity contribution in [2.45, 2.75) is 294 Å². The SMILES string of the molecule is CCCCCCCCCCC/C=C\C/C=C\CCCCCCCCCCCCC(O)C(=O)NC(COC1OC(CO)C(O)C(O)C1O)C(O)/C=C/CCCCCCCCCCCCCC. The highest BCUT2D eigenvalue weighted by molar-refractivity contribution is 5.80. The predicted octanol–water partition coefficient (Wildman–Crippen LogP) is 11.8. The van der Waals surface area contributed by atoms with Crippen LogP contribution in [0.25, 0.3) is 0 Å². The highest BCUT2D eigenvalue weighted by Crippen LogP contribution is 2.23. The Kier molecular flexibility index (Phi) is 42.4. The van der Waals surface area contributed by atoms with Crippen molar-refractivity contribution in [1.82, 2.24) is 5.32 Å². The molecule has 0 bridgehead atoms. The fraction of sp³-hybridized carbons (Fsp3) is 0.873. The topological polar surface area (TPSA) is 169 Å². The van der Waals surface area contributed by atoms with E-state index in [0.29, 0.717) is 12.8 Å². The molecule has 1 heterocycles. The van der Waals surface area contributed by atoms with Crippen molar-refractivity contribution >= 4 is 5.91 Å². The van der Waals surface area contributed by atoms with Gasteiger partial charge in [0, 0.05) is 0 Å². The molecule has 7 N–H and O–H groups in total. The van der Waals surface area contributed by atoms with E-state index in [2.05, 4.69) is 43.5 Å². The number of aliphatic hydroxyl groups is 6. The number of aliphatic hydroxyl groups excluding tert-OH is 6. The van der Waals surface area contributed by atoms with Gasteiger partial charge in [-0.25, -0.2) is 0 Å². The van der Waals surface area contributed by atoms with Gasteiger partial charge in [0.15, 0.2) is 6.29 Å². The van der Waals surface area contributed by atoms with Crippen molar-refractivity contribution < 1.29 is 44.9 Å². The summed E-state index contributed by atoms with van der Waals surface area (Å²) >= 11 is 0. The van der Waals surface area contributed by atoms with Crippen LogP contribution in [-0.2, 0) is 14.3 Å². The van der Waals surface area contributed by atoms with E-state index in [9.17, 15) is 35.4 Å². The fourth-order valence-corrected chi connectivity index (χ4v) is 8.61. The molecule has 1 fully saturated rings. The van der Waals surface area contributed by atoms with Gasteiger partial charge < -0.3 is 45.4 Å². The number of allylic oxidation sites excluding steroid dienone is 5. The smallest absolute Gasteiger partial charge is 0.249 e. The molecule has 0 aromatic rings. The lowest BCUT2D eigenvalue weighted by Crippen LogP contribution is -2.60. The average molecular weight is 922 g/mol. The van der Waals surface area contributed by atoms with Gasteiger partial charge in [-0.2, -0.15) is 0 Å². The highest BCUT2D eigenvalue weighted by Gasteiger charge is 2.44. The number of hydrogen-bond acceptors (Lipinski definition) is 9. The van der Waals surface area contributed by atoms with Gasteiger partial charge in [0.1, 0.15) is 30.5 Å². The number of nitrogens with one attached hydrogen (secondary N) is 1. The Morgan fingerprint density at radius 2 is 0.938 bits per heavy atom. The van der Waals surface area contributed by atoms with Crippen molar-refractivity contribution in [3.8, 4) is 0 Å². The molecule has 382 valence electrons. The molecular weight excluding hydrogens is 819 g/mol. The normalized spacial score (nSPS) is 20.6. The third-order valence-electron chi connectivity index (χ3n) is 13.1. The lowest BCUT2D eigenvalue weighted by Gasteiger charge is -2.40. The second kappa shape index (κ2) is 44.9. The van der Waals surface area contributed by atoms with Gasteiger partial charge >= 0.3 is 0 Å². The minimum Gasteiger partial charge on any atom is -0.394 e. The van der Waals surface area contributed by atoms with Crippen LogP contribution >= 0.6 is 0 Å². The molecular formula is C55H103NO9. The van der Waals surface area contributed by atoms with Crippen LogP contribution in [0.2, 0.25) is 0 Å². The Bertz CT molecular complexity index is 1130. The monoisotopic (exact) mass is 922 g/mol. The van der Waals surface area contributed by atoms with E-state index >= 15 is 0 Å². The minimum absolute atomic E-state index is 0.306. The molecule has 65 heavy (non-hydrogen) atoms. The summed E-state index contributed by atoms with van der Waals surface area (Å²) in [6, 6.07) is -0.981. The number of carbonyl (C=O) groups is 1. The minimum atomic E-state index is -1.61. The molecule has 0 radical (unpaired) electrons. The molecule has 0 aliphatic carbocycles. The van der Waals surface area contributed by atoms with Crippen LogP contribution in [0.3, 0.4) is 0 Å². The van der Waals surface area contributed by atoms with E-state index < -0.39 is 61.5 Å². The Hall–Kier alpha value is -1.63. The van der Waals surface area contributed by atoms with E-state index in [1.165, 1.54) is 173 Å². The number of ether oxygens (including phenoxy) is 2. The van der Waals surface area contributed by atoms with Crippen molar-refractivity contribution in [2.24, 2.45) is 0 Å². The fourth-order valence-electron chi connectivity index (χ4n) is 8.61. The number of unbranched alkanes of at least 4 members (excludes halogenated alkanes) is 31. The van der Waals surface area contributed by atoms with E-state index in [0.717, 1.165) is 44.9 Å². The second-order valence-electron chi connectivity index (χ2n) is 19.2. The van der Waals surface area contributed by atoms with Crippen molar-refractivity contribution in [2.75, 3.05) is 13.2 Å². The van der Waals surface area contributed by atoms with Gasteiger partial charge in [-0.15, -0.1) is 0 Å². The van der Waals surface area contributed by atoms with Gasteiger partial charge in [-0.3, -0.25) is 4.79 Å². The maximum absolute atomic E-state index is 13.1. The standard InChI is InChI=1S/C55H103NO9/c1-3-5-7-9-11-13-15-17-19-20-21-22-23-24-25-26-27-28-29-30-32-34-36-38-40-42-44-49(59)54(63)56-47(46-64-55-53(62)52(61)51(60)50(45-57)65-55)48(58)43-41-39-37-35-33-31-18-16-14-12-10-8-6-4-2/h21-22,24-25,41,43,47-53,55,57-62H,3-20,23,26-40,42,44-46H2,1-2H3,(H,56,63)/b22-21-,25-24-,43-41+. The zero-order valence-corrected chi connectivity index (χ0v) is 41.9. The van der Waals surface area contributed by atoms with Crippen molar-refractivity contribution in [1.29, 1.82) is 0 Å². The predicted molar refractivity (Wildman–Crippen MR) is 269 cm³/mol. The van der Waals surface area contributed by atoms with Crippen LogP contribution in [0, 0.1) is 0 Å². The molecule has 8 unspecified atom stereocenters. The summed E-state index contributed by atoms with van der Waals surface area (Å²) < 4.78 is 11.2. The summed E-state index contributed by atoms with van der Waals surface area (Å²) in [5.74, 6) is -0.618. The number of amides is 1. The van der Waals surface area contributed by atoms with Gasteiger partial charge in [-0.1, -0.05) is 230 Å². The van der Waals surface area contributed by atoms with Crippen LogP contribution in [0.15, 0.2) is 36.5 Å². The van der Waals surface area contributed by atoms with Crippen LogP contribution < -0.4 is 5.32 Å². The number of hydrogen-bond donors (Lipinski definition) is 7. The molecule has 10 heteroatoms. The van der Waals surface area contributed by atoms with Crippen molar-refractivity contribution in [3.05, 3.63) is 36.5 Å². The lowest BCUT2D eigenvalue weighted by molar-refractivity contribution is -0.302. The zero-order valence-electron chi connectivity index (χ0n) is 41.9. The second-order valence-corrected chi connectivity index (χ2v) is 19.2. The zero-order chi connectivity index (χ0) is 47.4. The third-order valence-corrected chi connectivity index (χ3v) is 13.1. The first-order valence-electron chi connectivity index (χ1n) is 27.3. The van der Waals surface area contributed by atoms with Gasteiger partial charge in [-0.05, 0) is 51.4 Å². The Morgan fingerprint density at radius 1 is 0.538 bits per heavy atom. The van der Waals surface area contributed by atoms with Gasteiger partial charge in [0.25, 0.3) is 0 Å². The molecule has 0 saturated carbocycles. The summed E-state index contributed by atoms with van der Waals surface area (Å²) in [5.41, 5.74) is 0. The quantitative estimate of drug-likeness (QED) is 0.0232. The summed E-state index contributed by atoms with van der Waals surface area (Å²) in [6.45, 7) is 3.62. The van der Waals surface area contributed by atoms with E-state index in [1.807, 2.05) is 6.08 Å². The molecule has 10 nitrogen and oxygen atoms in total. The van der Waals surface area contributed by atoms with Crippen molar-refractivity contribution in [3.63, 3.8) is 0 Å². The Morgan fingerprint density at radius 3 is 1.37 bits per heavy atom. The summed E-state index contributed by atoms with van der Waals surface area (Å²) in [7, 11) is 0. The van der Waals surface area contributed by atoms with E-state index in [1.54, 1.807) is 6.08 Å². The Balaban J connectivity index is 2.27. The molecule has 1 aliphatic heterocycles. The Labute approximate surface area is 398 Å². The van der Waals surface area contributed by atoms with E-state index in [4.69, 9.17) is 9.47 Å². The highest BCUT2D eigenvalue weighted by atomic mass is 16.7. The number of carbonyl (C=O) groups excluding carboxylic acids is 1. The van der Waals surface area contributed by atoms with Gasteiger partial charge in [0.05, 0.1) is 25.4 Å². The lowest BCUT2D eigenvalue weighted by atomic mass is 9.99. The summed E-state index contributed by atoms with van der Waals surface area (Å²) in [5, 5.41) is 64.9. The molecule has 1 rings (SSSR count). The van der Waals surface area contributed by atoms with Crippen LogP contribution in [-0.4, -0.2) is 98.7 Å². The first-order chi connectivity index (χ1) is 31.8. The first-order valence-corrected chi connectivity index (χ1v) is 27.3. The maximum Gasteiger partial charge on any atom is 0.249 e. The maximum atomic E-state index is 13.1. The molecule has 1 amide bonds. The largest absolute Gasteiger partial charge is 0.394 e. The van der Waals surface area contributed by atoms with Crippen LogP contribution in [0.5, 0.6) is 0 Å². The first kappa shape index (κ1) is 61.4. The van der Waals surface area contributed by atoms with Gasteiger partial charge in [0.2, 0.25) is 5.91 Å². The molecule has 1 saturated heterocycles. The van der Waals surface area contributed by atoms with E-state index in [-0.39, 0.29) is 6.61 Å². The number of rotatable bonds is 46. The molecule has 0 spiro atoms. The molecule has 0 aromatic carbocycles. The molecule has 0 aromatic heterocycles. The third kappa shape index (κ3) is 34.3. The summed E-state index contributed by atoms with van der Waals surface area (Å²) in [6.07, 6.45) is 46.7. The van der Waals surface area contributed by atoms with Crippen LogP contribution in [0.4, 0.5) is 0 Å². The molecule has 8 atom stereocenters. The van der Waals surface area contributed by atoms with Crippen LogP contribution in [0.1, 0.15) is 245 Å². The summed E-state index contributed by atoms with van der Waals surface area (Å²) in [4.78, 5) is 13.1. The molecule has 1 aliphatic rings. The average Bonchev–Trinajstić information content (AvgIpc) is 3.31.